The average Bonchev–Trinajstić information content (AvgIpc) is 2.91. The van der Waals surface area contributed by atoms with Gasteiger partial charge >= 0.3 is 45.2 Å². The van der Waals surface area contributed by atoms with Gasteiger partial charge in [-0.25, -0.2) is 9.13 Å². The van der Waals surface area contributed by atoms with Crippen LogP contribution in [-0.4, -0.2) is 4.57 Å². The second kappa shape index (κ2) is 36.0. The Balaban J connectivity index is -0.0000000628. The van der Waals surface area contributed by atoms with Crippen molar-refractivity contribution in [2.75, 3.05) is 0 Å². The number of aromatic nitrogens is 2. The second-order valence-corrected chi connectivity index (χ2v) is 2.67. The summed E-state index contributed by atoms with van der Waals surface area (Å²) >= 11 is 0. The Hall–Kier alpha value is -1.32. The van der Waals surface area contributed by atoms with Gasteiger partial charge in [0.1, 0.15) is 12.4 Å². The minimum Gasteiger partial charge on any atom is 0 e. The summed E-state index contributed by atoms with van der Waals surface area (Å²) in [5.74, 6) is 0. The number of aryl methyl sites for hydroxylation is 2. The van der Waals surface area contributed by atoms with Crippen molar-refractivity contribution in [1.29, 1.82) is 0 Å². The van der Waals surface area contributed by atoms with E-state index >= 15 is 0 Å². The molecule has 7 heteroatoms. The Kier molecular flexibility index (Phi) is 57.9. The van der Waals surface area contributed by atoms with E-state index in [2.05, 4.69) is 61.4 Å². The molecule has 0 aliphatic rings. The Morgan fingerprint density at radius 2 is 1.42 bits per heavy atom. The molecule has 0 aliphatic carbocycles. The summed E-state index contributed by atoms with van der Waals surface area (Å²) in [7, 11) is 2.04. The van der Waals surface area contributed by atoms with E-state index in [1.54, 1.807) is 0 Å². The number of hydrogen-bond donors (Lipinski definition) is 0. The number of nitrogens with zero attached hydrogens (tertiary/aromatic N) is 2. The number of hydrogen-bond acceptors (Lipinski definition) is 0. The van der Waals surface area contributed by atoms with E-state index in [-0.39, 0.29) is 16.8 Å². The van der Waals surface area contributed by atoms with Crippen LogP contribution in [0.25, 0.3) is 0 Å². The van der Waals surface area contributed by atoms with Gasteiger partial charge in [-0.1, -0.05) is 13.3 Å². The van der Waals surface area contributed by atoms with Crippen molar-refractivity contribution < 1.29 is 40.0 Å². The zero-order valence-electron chi connectivity index (χ0n) is 10.7. The largest absolute Gasteiger partial charge is 0 e. The molecule has 0 fully saturated rings. The molecule has 0 spiro atoms. The van der Waals surface area contributed by atoms with Gasteiger partial charge in [-0.2, -0.15) is 0 Å². The van der Waals surface area contributed by atoms with Crippen molar-refractivity contribution >= 4 is 0 Å². The van der Waals surface area contributed by atoms with E-state index < -0.39 is 0 Å². The van der Waals surface area contributed by atoms with Crippen LogP contribution in [0.3, 0.4) is 0 Å². The Morgan fingerprint density at radius 3 is 1.68 bits per heavy atom. The van der Waals surface area contributed by atoms with Gasteiger partial charge in [0.05, 0.1) is 13.6 Å². The van der Waals surface area contributed by atoms with Crippen molar-refractivity contribution in [1.82, 2.24) is 4.57 Å². The van der Waals surface area contributed by atoms with Crippen LogP contribution in [0.15, 0.2) is 18.7 Å². The summed E-state index contributed by atoms with van der Waals surface area (Å²) in [6.45, 7) is 21.4. The first kappa shape index (κ1) is 30.6. The maximum atomic E-state index is 7.50. The van der Waals surface area contributed by atoms with Crippen LogP contribution in [0, 0.1) is 26.6 Å². The van der Waals surface area contributed by atoms with E-state index in [0.717, 1.165) is 6.54 Å². The molecule has 1 heterocycles. The Bertz CT molecular complexity index is 318. The van der Waals surface area contributed by atoms with Gasteiger partial charge in [-0.3, -0.25) is 0 Å². The molecule has 1 radical (unpaired) electrons. The summed E-state index contributed by atoms with van der Waals surface area (Å²) < 4.78 is 34.3. The summed E-state index contributed by atoms with van der Waals surface area (Å²) in [5, 5.41) is 0. The fourth-order valence-electron chi connectivity index (χ4n) is 0.975. The first-order chi connectivity index (χ1) is 8.83. The quantitative estimate of drug-likeness (QED) is 0.452. The van der Waals surface area contributed by atoms with Crippen molar-refractivity contribution in [3.8, 4) is 0 Å². The van der Waals surface area contributed by atoms with Crippen LogP contribution in [0.4, 0.5) is 0 Å². The van der Waals surface area contributed by atoms with Gasteiger partial charge in [0.2, 0.25) is 6.33 Å². The summed E-state index contributed by atoms with van der Waals surface area (Å²) in [6, 6.07) is 0. The first-order valence-corrected chi connectivity index (χ1v) is 4.65. The van der Waals surface area contributed by atoms with Gasteiger partial charge < -0.3 is 0 Å². The third-order valence-corrected chi connectivity index (χ3v) is 1.59. The van der Waals surface area contributed by atoms with Gasteiger partial charge in [0.25, 0.3) is 0 Å². The average molecular weight is 310 g/mol. The zero-order valence-corrected chi connectivity index (χ0v) is 11.8. The van der Waals surface area contributed by atoms with E-state index in [1.165, 1.54) is 12.8 Å². The third kappa shape index (κ3) is 26.3. The molecule has 1 aromatic heterocycles. The third-order valence-electron chi connectivity index (χ3n) is 1.59. The summed E-state index contributed by atoms with van der Waals surface area (Å²) in [4.78, 5) is 0. The molecule has 0 bridgehead atoms. The molecule has 0 aromatic carbocycles. The predicted molar refractivity (Wildman–Crippen MR) is 56.2 cm³/mol. The molecule has 0 saturated heterocycles. The number of imidazole rings is 1. The van der Waals surface area contributed by atoms with Crippen LogP contribution < -0.4 is 4.57 Å². The standard InChI is InChI=1S/C8H15N2.4CO.Co/c1-3-4-5-10-7-6-9(2)8-10;4*1-2;/h6-8H,3-5H2,1-2H3;;;;;/q+1;;;;;. The van der Waals surface area contributed by atoms with Crippen LogP contribution in [0.5, 0.6) is 0 Å². The molecule has 0 N–H and O–H groups in total. The van der Waals surface area contributed by atoms with E-state index in [9.17, 15) is 0 Å². The maximum Gasteiger partial charge on any atom is 0 e. The first-order valence-electron chi connectivity index (χ1n) is 4.65. The van der Waals surface area contributed by atoms with Crippen LogP contribution in [0.2, 0.25) is 0 Å². The van der Waals surface area contributed by atoms with Gasteiger partial charge in [-0.05, 0) is 6.42 Å². The van der Waals surface area contributed by atoms with Gasteiger partial charge in [-0.15, -0.1) is 0 Å². The minimum atomic E-state index is 0. The fraction of sp³-hybridized carbons (Fsp3) is 0.417. The molecule has 6 nitrogen and oxygen atoms in total. The SMILES string of the molecule is CCCCn1cc[n+](C)c1.[C-]#[O+].[C-]#[O+].[C-]#[O+].[C-]#[O+].[Co]. The molecule has 0 aliphatic heterocycles. The van der Waals surface area contributed by atoms with E-state index in [4.69, 9.17) is 18.6 Å². The molecule has 0 atom stereocenters. The van der Waals surface area contributed by atoms with Crippen molar-refractivity contribution in [3.63, 3.8) is 0 Å². The molecule has 1 rings (SSSR count). The molecule has 105 valence electrons. The smallest absolute Gasteiger partial charge is 0 e. The number of rotatable bonds is 3. The van der Waals surface area contributed by atoms with Crippen LogP contribution in [0.1, 0.15) is 19.8 Å². The minimum absolute atomic E-state index is 0. The topological polar surface area (TPSA) is 88.4 Å². The molecule has 0 amide bonds. The Morgan fingerprint density at radius 1 is 1.00 bits per heavy atom. The van der Waals surface area contributed by atoms with Gasteiger partial charge in [0, 0.05) is 16.8 Å². The zero-order chi connectivity index (χ0) is 15.4. The maximum absolute atomic E-state index is 7.50. The van der Waals surface area contributed by atoms with Crippen molar-refractivity contribution in [2.45, 2.75) is 26.3 Å². The summed E-state index contributed by atoms with van der Waals surface area (Å²) in [6.07, 6.45) is 8.82. The van der Waals surface area contributed by atoms with Crippen LogP contribution in [-0.2, 0) is 49.0 Å². The van der Waals surface area contributed by atoms with Crippen molar-refractivity contribution in [2.24, 2.45) is 7.05 Å². The fourth-order valence-corrected chi connectivity index (χ4v) is 0.975. The van der Waals surface area contributed by atoms with Gasteiger partial charge in [0.15, 0.2) is 0 Å². The molecular weight excluding hydrogens is 295 g/mol. The van der Waals surface area contributed by atoms with Crippen LogP contribution >= 0.6 is 0 Å². The molecular formula is C12H15CoN2O4+. The van der Waals surface area contributed by atoms with E-state index in [0.29, 0.717) is 0 Å². The number of unbranched alkanes of at least 4 members (excludes halogenated alkanes) is 1. The Labute approximate surface area is 123 Å². The monoisotopic (exact) mass is 310 g/mol. The summed E-state index contributed by atoms with van der Waals surface area (Å²) in [5.41, 5.74) is 0. The molecule has 0 unspecified atom stereocenters. The predicted octanol–water partition coefficient (Wildman–Crippen LogP) is 0.960. The normalized spacial score (nSPS) is 5.79. The second-order valence-electron chi connectivity index (χ2n) is 2.67. The molecule has 1 aromatic rings. The molecule has 0 saturated carbocycles. The molecule has 19 heavy (non-hydrogen) atoms. The van der Waals surface area contributed by atoms with E-state index in [1.807, 2.05) is 7.05 Å². The van der Waals surface area contributed by atoms with Crippen molar-refractivity contribution in [3.05, 3.63) is 45.3 Å².